The standard InChI is InChI=1S/C20H28N2O3S/c1-14-4-3-5-18(6-14)22(26(2,24)25)13-19(23)21-20-10-15-7-16(11-20)9-17(8-15)12-20/h3-6,15-17H,7-13H2,1-2H3,(H,21,23). The molecule has 1 aromatic rings. The van der Waals surface area contributed by atoms with Gasteiger partial charge in [0.15, 0.2) is 0 Å². The smallest absolute Gasteiger partial charge is 0.241 e. The Morgan fingerprint density at radius 1 is 1.15 bits per heavy atom. The molecule has 4 aliphatic rings. The monoisotopic (exact) mass is 376 g/mol. The molecule has 0 spiro atoms. The number of nitrogens with one attached hydrogen (secondary N) is 1. The Balaban J connectivity index is 1.51. The molecule has 0 aromatic heterocycles. The highest BCUT2D eigenvalue weighted by Gasteiger charge is 2.51. The van der Waals surface area contributed by atoms with Gasteiger partial charge in [0.25, 0.3) is 0 Å². The second kappa shape index (κ2) is 6.25. The summed E-state index contributed by atoms with van der Waals surface area (Å²) < 4.78 is 25.8. The number of nitrogens with zero attached hydrogens (tertiary/aromatic N) is 1. The molecule has 0 unspecified atom stereocenters. The van der Waals surface area contributed by atoms with Crippen molar-refractivity contribution in [3.8, 4) is 0 Å². The number of hydrogen-bond donors (Lipinski definition) is 1. The molecule has 0 atom stereocenters. The van der Waals surface area contributed by atoms with Crippen LogP contribution in [0.15, 0.2) is 24.3 Å². The third kappa shape index (κ3) is 3.48. The third-order valence-electron chi connectivity index (χ3n) is 6.42. The van der Waals surface area contributed by atoms with Crippen LogP contribution in [0.5, 0.6) is 0 Å². The maximum atomic E-state index is 12.8. The van der Waals surface area contributed by atoms with Crippen molar-refractivity contribution in [1.82, 2.24) is 5.32 Å². The fraction of sp³-hybridized carbons (Fsp3) is 0.650. The summed E-state index contributed by atoms with van der Waals surface area (Å²) in [7, 11) is -3.52. The lowest BCUT2D eigenvalue weighted by Gasteiger charge is -2.57. The fourth-order valence-electron chi connectivity index (χ4n) is 5.91. The quantitative estimate of drug-likeness (QED) is 0.859. The average Bonchev–Trinajstić information content (AvgIpc) is 2.49. The zero-order chi connectivity index (χ0) is 18.5. The van der Waals surface area contributed by atoms with E-state index in [0.29, 0.717) is 5.69 Å². The van der Waals surface area contributed by atoms with E-state index in [1.54, 1.807) is 12.1 Å². The molecule has 0 radical (unpaired) electrons. The average molecular weight is 377 g/mol. The number of carbonyl (C=O) groups excluding carboxylic acids is 1. The van der Waals surface area contributed by atoms with E-state index in [-0.39, 0.29) is 18.0 Å². The zero-order valence-corrected chi connectivity index (χ0v) is 16.4. The normalized spacial score (nSPS) is 32.5. The van der Waals surface area contributed by atoms with E-state index in [9.17, 15) is 13.2 Å². The molecule has 1 amide bonds. The molecule has 4 aliphatic carbocycles. The lowest BCUT2D eigenvalue weighted by atomic mass is 9.53. The maximum absolute atomic E-state index is 12.8. The van der Waals surface area contributed by atoms with Crippen LogP contribution >= 0.6 is 0 Å². The predicted octanol–water partition coefficient (Wildman–Crippen LogP) is 2.85. The van der Waals surface area contributed by atoms with E-state index in [0.717, 1.165) is 48.8 Å². The number of amides is 1. The molecular weight excluding hydrogens is 348 g/mol. The van der Waals surface area contributed by atoms with Crippen molar-refractivity contribution in [3.63, 3.8) is 0 Å². The number of anilines is 1. The molecule has 1 aromatic carbocycles. The predicted molar refractivity (Wildman–Crippen MR) is 102 cm³/mol. The van der Waals surface area contributed by atoms with Crippen molar-refractivity contribution < 1.29 is 13.2 Å². The van der Waals surface area contributed by atoms with E-state index < -0.39 is 10.0 Å². The number of hydrogen-bond acceptors (Lipinski definition) is 3. The summed E-state index contributed by atoms with van der Waals surface area (Å²) in [6.07, 6.45) is 8.29. The molecule has 4 saturated carbocycles. The lowest BCUT2D eigenvalue weighted by molar-refractivity contribution is -0.125. The molecule has 1 N–H and O–H groups in total. The van der Waals surface area contributed by atoms with Crippen molar-refractivity contribution in [2.24, 2.45) is 17.8 Å². The highest BCUT2D eigenvalue weighted by atomic mass is 32.2. The minimum atomic E-state index is -3.52. The molecule has 4 fully saturated rings. The Bertz CT molecular complexity index is 783. The second-order valence-electron chi connectivity index (χ2n) is 8.85. The summed E-state index contributed by atoms with van der Waals surface area (Å²) in [5.41, 5.74) is 1.42. The fourth-order valence-corrected chi connectivity index (χ4v) is 6.76. The molecule has 0 heterocycles. The van der Waals surface area contributed by atoms with Crippen LogP contribution in [0.2, 0.25) is 0 Å². The summed E-state index contributed by atoms with van der Waals surface area (Å²) in [5, 5.41) is 3.27. The van der Waals surface area contributed by atoms with Crippen molar-refractivity contribution in [1.29, 1.82) is 0 Å². The summed E-state index contributed by atoms with van der Waals surface area (Å²) in [4.78, 5) is 12.8. The molecule has 6 heteroatoms. The molecule has 142 valence electrons. The number of sulfonamides is 1. The second-order valence-corrected chi connectivity index (χ2v) is 10.8. The van der Waals surface area contributed by atoms with Crippen molar-refractivity contribution in [3.05, 3.63) is 29.8 Å². The van der Waals surface area contributed by atoms with Gasteiger partial charge in [0, 0.05) is 5.54 Å². The number of rotatable bonds is 5. The SMILES string of the molecule is Cc1cccc(N(CC(=O)NC23CC4CC(CC(C4)C2)C3)S(C)(=O)=O)c1. The molecule has 5 nitrogen and oxygen atoms in total. The van der Waals surface area contributed by atoms with Crippen LogP contribution in [-0.2, 0) is 14.8 Å². The molecule has 26 heavy (non-hydrogen) atoms. The topological polar surface area (TPSA) is 66.5 Å². The minimum Gasteiger partial charge on any atom is -0.349 e. The van der Waals surface area contributed by atoms with Crippen LogP contribution in [0.25, 0.3) is 0 Å². The van der Waals surface area contributed by atoms with E-state index in [4.69, 9.17) is 0 Å². The molecule has 4 bridgehead atoms. The van der Waals surface area contributed by atoms with Gasteiger partial charge in [-0.2, -0.15) is 0 Å². The van der Waals surface area contributed by atoms with Gasteiger partial charge < -0.3 is 5.32 Å². The summed E-state index contributed by atoms with van der Waals surface area (Å²) in [6, 6.07) is 7.28. The number of carbonyl (C=O) groups is 1. The van der Waals surface area contributed by atoms with E-state index in [1.165, 1.54) is 23.6 Å². The van der Waals surface area contributed by atoms with Gasteiger partial charge in [0.2, 0.25) is 15.9 Å². The van der Waals surface area contributed by atoms with Crippen LogP contribution in [-0.4, -0.2) is 32.7 Å². The molecule has 5 rings (SSSR count). The van der Waals surface area contributed by atoms with Crippen LogP contribution in [0.3, 0.4) is 0 Å². The van der Waals surface area contributed by atoms with Gasteiger partial charge in [-0.05, 0) is 80.9 Å². The maximum Gasteiger partial charge on any atom is 0.241 e. The van der Waals surface area contributed by atoms with Crippen LogP contribution < -0.4 is 9.62 Å². The first-order valence-corrected chi connectivity index (χ1v) is 11.4. The minimum absolute atomic E-state index is 0.0956. The van der Waals surface area contributed by atoms with Crippen LogP contribution in [0.4, 0.5) is 5.69 Å². The Morgan fingerprint density at radius 3 is 2.23 bits per heavy atom. The zero-order valence-electron chi connectivity index (χ0n) is 15.6. The van der Waals surface area contributed by atoms with Gasteiger partial charge in [-0.15, -0.1) is 0 Å². The van der Waals surface area contributed by atoms with Gasteiger partial charge in [-0.3, -0.25) is 9.10 Å². The third-order valence-corrected chi connectivity index (χ3v) is 7.56. The van der Waals surface area contributed by atoms with Gasteiger partial charge in [-0.1, -0.05) is 12.1 Å². The number of aryl methyl sites for hydroxylation is 1. The largest absolute Gasteiger partial charge is 0.349 e. The Labute approximate surface area is 156 Å². The van der Waals surface area contributed by atoms with Crippen molar-refractivity contribution >= 4 is 21.6 Å². The molecule has 0 saturated heterocycles. The van der Waals surface area contributed by atoms with Gasteiger partial charge in [0.05, 0.1) is 11.9 Å². The molecular formula is C20H28N2O3S. The summed E-state index contributed by atoms with van der Waals surface area (Å²) in [5.74, 6) is 2.04. The van der Waals surface area contributed by atoms with Crippen molar-refractivity contribution in [2.45, 2.75) is 51.0 Å². The Kier molecular flexibility index (Phi) is 4.29. The first-order chi connectivity index (χ1) is 12.2. The first-order valence-electron chi connectivity index (χ1n) is 9.58. The van der Waals surface area contributed by atoms with Crippen LogP contribution in [0.1, 0.15) is 44.1 Å². The van der Waals surface area contributed by atoms with E-state index in [2.05, 4.69) is 5.32 Å². The van der Waals surface area contributed by atoms with E-state index in [1.807, 2.05) is 19.1 Å². The van der Waals surface area contributed by atoms with Gasteiger partial charge >= 0.3 is 0 Å². The molecule has 0 aliphatic heterocycles. The summed E-state index contributed by atoms with van der Waals surface area (Å²) >= 11 is 0. The summed E-state index contributed by atoms with van der Waals surface area (Å²) in [6.45, 7) is 1.77. The lowest BCUT2D eigenvalue weighted by Crippen LogP contribution is -2.61. The Morgan fingerprint density at radius 2 is 1.73 bits per heavy atom. The van der Waals surface area contributed by atoms with E-state index >= 15 is 0 Å². The van der Waals surface area contributed by atoms with Gasteiger partial charge in [0.1, 0.15) is 6.54 Å². The van der Waals surface area contributed by atoms with Crippen LogP contribution in [0, 0.1) is 24.7 Å². The van der Waals surface area contributed by atoms with Gasteiger partial charge in [-0.25, -0.2) is 8.42 Å². The highest BCUT2D eigenvalue weighted by Crippen LogP contribution is 2.55. The first kappa shape index (κ1) is 17.8. The highest BCUT2D eigenvalue weighted by molar-refractivity contribution is 7.92. The Hall–Kier alpha value is -1.56. The number of benzene rings is 1. The van der Waals surface area contributed by atoms with Crippen molar-refractivity contribution in [2.75, 3.05) is 17.1 Å².